The molecule has 0 spiro atoms. The summed E-state index contributed by atoms with van der Waals surface area (Å²) in [6.07, 6.45) is 0. The Balaban J connectivity index is 1.86. The molecule has 0 saturated heterocycles. The van der Waals surface area contributed by atoms with E-state index < -0.39 is 0 Å². The van der Waals surface area contributed by atoms with Gasteiger partial charge in [-0.25, -0.2) is 0 Å². The number of nitrogens with zero attached hydrogens (tertiary/aromatic N) is 2. The Hall–Kier alpha value is -2.49. The zero-order valence-electron chi connectivity index (χ0n) is 13.5. The van der Waals surface area contributed by atoms with Crippen molar-refractivity contribution >= 4 is 17.3 Å². The Morgan fingerprint density at radius 1 is 1.09 bits per heavy atom. The Bertz CT molecular complexity index is 635. The summed E-state index contributed by atoms with van der Waals surface area (Å²) in [5.74, 6) is 0.449. The molecule has 22 heavy (non-hydrogen) atoms. The first-order valence-electron chi connectivity index (χ1n) is 7.46. The number of nitrogens with one attached hydrogen (secondary N) is 1. The fourth-order valence-electron chi connectivity index (χ4n) is 2.14. The molecule has 0 saturated carbocycles. The molecule has 0 bridgehead atoms. The molecule has 0 atom stereocenters. The average molecular weight is 296 g/mol. The highest BCUT2D eigenvalue weighted by Crippen LogP contribution is 2.14. The first kappa shape index (κ1) is 15.9. The number of para-hydroxylation sites is 1. The molecule has 2 aromatic carbocycles. The number of nitrogens with two attached hydrogens (primary N) is 1. The van der Waals surface area contributed by atoms with Gasteiger partial charge in [0.1, 0.15) is 0 Å². The van der Waals surface area contributed by atoms with Gasteiger partial charge in [0.05, 0.1) is 6.54 Å². The van der Waals surface area contributed by atoms with Gasteiger partial charge in [-0.05, 0) is 49.2 Å². The molecule has 0 unspecified atom stereocenters. The van der Waals surface area contributed by atoms with Gasteiger partial charge in [0.15, 0.2) is 5.96 Å². The van der Waals surface area contributed by atoms with E-state index >= 15 is 0 Å². The molecule has 0 radical (unpaired) electrons. The summed E-state index contributed by atoms with van der Waals surface area (Å²) < 4.78 is 0. The molecule has 0 fully saturated rings. The van der Waals surface area contributed by atoms with Gasteiger partial charge >= 0.3 is 0 Å². The number of benzene rings is 2. The number of anilines is 2. The second-order valence-electron chi connectivity index (χ2n) is 5.45. The third-order valence-electron chi connectivity index (χ3n) is 3.69. The predicted molar refractivity (Wildman–Crippen MR) is 95.7 cm³/mol. The minimum absolute atomic E-state index is 0.449. The van der Waals surface area contributed by atoms with Crippen molar-refractivity contribution in [2.75, 3.05) is 30.4 Å². The van der Waals surface area contributed by atoms with Crippen LogP contribution in [-0.2, 0) is 0 Å². The van der Waals surface area contributed by atoms with Gasteiger partial charge in [-0.1, -0.05) is 24.3 Å². The van der Waals surface area contributed by atoms with Crippen LogP contribution in [0.5, 0.6) is 0 Å². The average Bonchev–Trinajstić information content (AvgIpc) is 2.51. The number of guanidine groups is 1. The Morgan fingerprint density at radius 3 is 2.50 bits per heavy atom. The van der Waals surface area contributed by atoms with Gasteiger partial charge in [-0.2, -0.15) is 0 Å². The van der Waals surface area contributed by atoms with Crippen LogP contribution in [0, 0.1) is 13.8 Å². The lowest BCUT2D eigenvalue weighted by Gasteiger charge is -2.18. The topological polar surface area (TPSA) is 53.6 Å². The minimum atomic E-state index is 0.449. The van der Waals surface area contributed by atoms with E-state index in [4.69, 9.17) is 5.73 Å². The van der Waals surface area contributed by atoms with Crippen LogP contribution in [0.1, 0.15) is 11.1 Å². The van der Waals surface area contributed by atoms with Crippen molar-refractivity contribution in [3.63, 3.8) is 0 Å². The number of likely N-dealkylation sites (N-methyl/N-ethyl adjacent to an activating group) is 1. The highest BCUT2D eigenvalue weighted by molar-refractivity contribution is 5.92. The van der Waals surface area contributed by atoms with E-state index in [1.165, 1.54) is 16.8 Å². The monoisotopic (exact) mass is 296 g/mol. The van der Waals surface area contributed by atoms with Crippen LogP contribution in [0.3, 0.4) is 0 Å². The van der Waals surface area contributed by atoms with Crippen LogP contribution in [-0.4, -0.2) is 26.1 Å². The lowest BCUT2D eigenvalue weighted by atomic mass is 10.1. The summed E-state index contributed by atoms with van der Waals surface area (Å²) in [5.41, 5.74) is 10.6. The van der Waals surface area contributed by atoms with Crippen LogP contribution < -0.4 is 16.0 Å². The molecule has 4 heteroatoms. The van der Waals surface area contributed by atoms with Crippen LogP contribution in [0.2, 0.25) is 0 Å². The summed E-state index contributed by atoms with van der Waals surface area (Å²) in [6, 6.07) is 16.4. The quantitative estimate of drug-likeness (QED) is 0.658. The Labute approximate surface area is 132 Å². The molecule has 0 aliphatic heterocycles. The second-order valence-corrected chi connectivity index (χ2v) is 5.45. The molecule has 3 N–H and O–H groups in total. The lowest BCUT2D eigenvalue weighted by molar-refractivity contribution is 0.884. The summed E-state index contributed by atoms with van der Waals surface area (Å²) >= 11 is 0. The zero-order chi connectivity index (χ0) is 15.9. The van der Waals surface area contributed by atoms with Crippen LogP contribution in [0.15, 0.2) is 53.5 Å². The summed E-state index contributed by atoms with van der Waals surface area (Å²) in [4.78, 5) is 6.54. The molecular weight excluding hydrogens is 272 g/mol. The largest absolute Gasteiger partial charge is 0.373 e. The van der Waals surface area contributed by atoms with Gasteiger partial charge < -0.3 is 16.0 Å². The van der Waals surface area contributed by atoms with E-state index in [2.05, 4.69) is 60.4 Å². The van der Waals surface area contributed by atoms with E-state index in [-0.39, 0.29) is 0 Å². The molecule has 0 amide bonds. The maximum atomic E-state index is 5.94. The van der Waals surface area contributed by atoms with E-state index in [0.717, 1.165) is 12.2 Å². The standard InChI is InChI=1S/C18H24N4/c1-14-9-10-16(13-15(14)2)21-18(19)20-11-12-22(3)17-7-5-4-6-8-17/h4-10,13H,11-12H2,1-3H3,(H3,19,20,21). The van der Waals surface area contributed by atoms with Crippen molar-refractivity contribution in [1.29, 1.82) is 0 Å². The van der Waals surface area contributed by atoms with E-state index in [1.54, 1.807) is 0 Å². The summed E-state index contributed by atoms with van der Waals surface area (Å²) in [7, 11) is 2.05. The molecule has 0 aromatic heterocycles. The molecular formula is C18H24N4. The van der Waals surface area contributed by atoms with Crippen molar-refractivity contribution in [3.8, 4) is 0 Å². The first-order valence-corrected chi connectivity index (χ1v) is 7.46. The van der Waals surface area contributed by atoms with Crippen LogP contribution in [0.4, 0.5) is 11.4 Å². The fraction of sp³-hybridized carbons (Fsp3) is 0.278. The highest BCUT2D eigenvalue weighted by Gasteiger charge is 2.00. The smallest absolute Gasteiger partial charge is 0.193 e. The van der Waals surface area contributed by atoms with Crippen LogP contribution >= 0.6 is 0 Å². The number of hydrogen-bond donors (Lipinski definition) is 2. The number of hydrogen-bond acceptors (Lipinski definition) is 2. The van der Waals surface area contributed by atoms with Crippen molar-refractivity contribution in [2.24, 2.45) is 10.7 Å². The molecule has 0 aliphatic carbocycles. The van der Waals surface area contributed by atoms with E-state index in [9.17, 15) is 0 Å². The van der Waals surface area contributed by atoms with Gasteiger partial charge in [0.2, 0.25) is 0 Å². The molecule has 2 rings (SSSR count). The normalized spacial score (nSPS) is 11.3. The molecule has 4 nitrogen and oxygen atoms in total. The number of aryl methyl sites for hydroxylation is 2. The maximum absolute atomic E-state index is 5.94. The summed E-state index contributed by atoms with van der Waals surface area (Å²) in [5, 5.41) is 3.13. The van der Waals surface area contributed by atoms with Gasteiger partial charge in [-0.15, -0.1) is 0 Å². The van der Waals surface area contributed by atoms with Crippen molar-refractivity contribution in [3.05, 3.63) is 59.7 Å². The third-order valence-corrected chi connectivity index (χ3v) is 3.69. The Morgan fingerprint density at radius 2 is 1.82 bits per heavy atom. The maximum Gasteiger partial charge on any atom is 0.193 e. The second kappa shape index (κ2) is 7.50. The van der Waals surface area contributed by atoms with Crippen molar-refractivity contribution in [1.82, 2.24) is 0 Å². The lowest BCUT2D eigenvalue weighted by Crippen LogP contribution is -2.26. The molecule has 0 aliphatic rings. The molecule has 116 valence electrons. The van der Waals surface area contributed by atoms with Crippen molar-refractivity contribution < 1.29 is 0 Å². The summed E-state index contributed by atoms with van der Waals surface area (Å²) in [6.45, 7) is 5.65. The first-order chi connectivity index (χ1) is 10.6. The SMILES string of the molecule is Cc1ccc(NC(N)=NCCN(C)c2ccccc2)cc1C. The zero-order valence-corrected chi connectivity index (χ0v) is 13.5. The Kier molecular flexibility index (Phi) is 5.42. The number of aliphatic imine (C=N–C) groups is 1. The van der Waals surface area contributed by atoms with Crippen molar-refractivity contribution in [2.45, 2.75) is 13.8 Å². The van der Waals surface area contributed by atoms with Crippen LogP contribution in [0.25, 0.3) is 0 Å². The highest BCUT2D eigenvalue weighted by atomic mass is 15.1. The van der Waals surface area contributed by atoms with E-state index in [1.807, 2.05) is 24.3 Å². The van der Waals surface area contributed by atoms with Gasteiger partial charge in [0.25, 0.3) is 0 Å². The van der Waals surface area contributed by atoms with E-state index in [0.29, 0.717) is 12.5 Å². The van der Waals surface area contributed by atoms with Gasteiger partial charge in [-0.3, -0.25) is 4.99 Å². The fourth-order valence-corrected chi connectivity index (χ4v) is 2.14. The predicted octanol–water partition coefficient (Wildman–Crippen LogP) is 3.17. The van der Waals surface area contributed by atoms with Gasteiger partial charge in [0, 0.05) is 25.0 Å². The molecule has 0 heterocycles. The number of rotatable bonds is 5. The minimum Gasteiger partial charge on any atom is -0.373 e. The third kappa shape index (κ3) is 4.52. The molecule has 2 aromatic rings.